The Morgan fingerprint density at radius 3 is 2.38 bits per heavy atom. The summed E-state index contributed by atoms with van der Waals surface area (Å²) in [5.74, 6) is 0. The van der Waals surface area contributed by atoms with E-state index in [1.807, 2.05) is 4.57 Å². The molecule has 0 aliphatic carbocycles. The van der Waals surface area contributed by atoms with Crippen LogP contribution in [-0.2, 0) is 5.54 Å². The van der Waals surface area contributed by atoms with Crippen LogP contribution in [0.2, 0.25) is 0 Å². The third-order valence-corrected chi connectivity index (χ3v) is 2.62. The first-order valence-electron chi connectivity index (χ1n) is 4.51. The van der Waals surface area contributed by atoms with Crippen LogP contribution in [0.25, 0.3) is 0 Å². The largest absolute Gasteiger partial charge is 0.347 e. The van der Waals surface area contributed by atoms with Crippen molar-refractivity contribution in [2.75, 3.05) is 6.54 Å². The van der Waals surface area contributed by atoms with Crippen molar-refractivity contribution in [2.24, 2.45) is 5.73 Å². The first-order valence-corrected chi connectivity index (χ1v) is 4.51. The standard InChI is InChI=1S/C10H16N2O/c1-3-10(2,8-11)12-6-4-9(13)5-7-12/h4-7H,3,8,11H2,1-2H3. The molecule has 72 valence electrons. The molecule has 1 aromatic heterocycles. The SMILES string of the molecule is CCC(C)(CN)n1ccc(=O)cc1. The van der Waals surface area contributed by atoms with E-state index in [1.165, 1.54) is 0 Å². The molecule has 0 bridgehead atoms. The van der Waals surface area contributed by atoms with Crippen molar-refractivity contribution in [3.05, 3.63) is 34.7 Å². The van der Waals surface area contributed by atoms with E-state index in [4.69, 9.17) is 5.73 Å². The highest BCUT2D eigenvalue weighted by Crippen LogP contribution is 2.17. The predicted molar refractivity (Wildman–Crippen MR) is 53.7 cm³/mol. The molecule has 0 fully saturated rings. The number of hydrogen-bond donors (Lipinski definition) is 1. The van der Waals surface area contributed by atoms with E-state index < -0.39 is 0 Å². The summed E-state index contributed by atoms with van der Waals surface area (Å²) in [6.07, 6.45) is 4.53. The fraction of sp³-hybridized carbons (Fsp3) is 0.500. The molecular formula is C10H16N2O. The highest BCUT2D eigenvalue weighted by molar-refractivity contribution is 4.98. The van der Waals surface area contributed by atoms with Gasteiger partial charge in [0.15, 0.2) is 5.43 Å². The Hall–Kier alpha value is -1.09. The lowest BCUT2D eigenvalue weighted by Crippen LogP contribution is -2.37. The second kappa shape index (κ2) is 3.75. The van der Waals surface area contributed by atoms with Gasteiger partial charge in [0.25, 0.3) is 0 Å². The predicted octanol–water partition coefficient (Wildman–Crippen LogP) is 0.932. The van der Waals surface area contributed by atoms with Crippen molar-refractivity contribution in [2.45, 2.75) is 25.8 Å². The lowest BCUT2D eigenvalue weighted by Gasteiger charge is -2.29. The molecule has 1 unspecified atom stereocenters. The summed E-state index contributed by atoms with van der Waals surface area (Å²) in [6.45, 7) is 4.74. The Morgan fingerprint density at radius 1 is 1.46 bits per heavy atom. The summed E-state index contributed by atoms with van der Waals surface area (Å²) >= 11 is 0. The van der Waals surface area contributed by atoms with Crippen molar-refractivity contribution >= 4 is 0 Å². The van der Waals surface area contributed by atoms with Crippen LogP contribution in [-0.4, -0.2) is 11.1 Å². The van der Waals surface area contributed by atoms with Crippen molar-refractivity contribution < 1.29 is 0 Å². The van der Waals surface area contributed by atoms with Crippen LogP contribution < -0.4 is 11.2 Å². The molecule has 0 radical (unpaired) electrons. The van der Waals surface area contributed by atoms with Gasteiger partial charge in [-0.3, -0.25) is 4.79 Å². The van der Waals surface area contributed by atoms with Crippen LogP contribution in [0.5, 0.6) is 0 Å². The Labute approximate surface area is 78.2 Å². The number of nitrogens with two attached hydrogens (primary N) is 1. The van der Waals surface area contributed by atoms with Gasteiger partial charge in [-0.2, -0.15) is 0 Å². The van der Waals surface area contributed by atoms with Gasteiger partial charge in [0.05, 0.1) is 5.54 Å². The van der Waals surface area contributed by atoms with Gasteiger partial charge >= 0.3 is 0 Å². The number of aromatic nitrogens is 1. The zero-order valence-electron chi connectivity index (χ0n) is 8.16. The normalized spacial score (nSPS) is 15.3. The maximum Gasteiger partial charge on any atom is 0.181 e. The minimum Gasteiger partial charge on any atom is -0.347 e. The van der Waals surface area contributed by atoms with Gasteiger partial charge in [-0.05, 0) is 13.3 Å². The van der Waals surface area contributed by atoms with Gasteiger partial charge in [-0.1, -0.05) is 6.92 Å². The van der Waals surface area contributed by atoms with E-state index >= 15 is 0 Å². The van der Waals surface area contributed by atoms with Crippen LogP contribution in [0.3, 0.4) is 0 Å². The van der Waals surface area contributed by atoms with Gasteiger partial charge in [0, 0.05) is 31.1 Å². The fourth-order valence-electron chi connectivity index (χ4n) is 1.20. The quantitative estimate of drug-likeness (QED) is 0.752. The molecule has 0 spiro atoms. The molecule has 0 aliphatic heterocycles. The van der Waals surface area contributed by atoms with Gasteiger partial charge in [-0.15, -0.1) is 0 Å². The van der Waals surface area contributed by atoms with Crippen LogP contribution in [0.4, 0.5) is 0 Å². The molecule has 1 heterocycles. The fourth-order valence-corrected chi connectivity index (χ4v) is 1.20. The molecule has 0 saturated heterocycles. The highest BCUT2D eigenvalue weighted by atomic mass is 16.1. The summed E-state index contributed by atoms with van der Waals surface area (Å²) in [6, 6.07) is 3.12. The third-order valence-electron chi connectivity index (χ3n) is 2.62. The minimum atomic E-state index is -0.0757. The van der Waals surface area contributed by atoms with Crippen LogP contribution in [0, 0.1) is 0 Å². The number of pyridine rings is 1. The van der Waals surface area contributed by atoms with E-state index in [1.54, 1.807) is 24.5 Å². The zero-order valence-corrected chi connectivity index (χ0v) is 8.16. The van der Waals surface area contributed by atoms with E-state index in [0.29, 0.717) is 6.54 Å². The number of rotatable bonds is 3. The maximum absolute atomic E-state index is 10.9. The lowest BCUT2D eigenvalue weighted by atomic mass is 9.99. The van der Waals surface area contributed by atoms with Gasteiger partial charge in [-0.25, -0.2) is 0 Å². The lowest BCUT2D eigenvalue weighted by molar-refractivity contribution is 0.314. The first kappa shape index (κ1) is 9.99. The van der Waals surface area contributed by atoms with Crippen molar-refractivity contribution in [1.82, 2.24) is 4.57 Å². The molecule has 0 aliphatic rings. The molecule has 1 aromatic rings. The smallest absolute Gasteiger partial charge is 0.181 e. The summed E-state index contributed by atoms with van der Waals surface area (Å²) in [4.78, 5) is 10.9. The average Bonchev–Trinajstić information content (AvgIpc) is 2.18. The average molecular weight is 180 g/mol. The van der Waals surface area contributed by atoms with Crippen LogP contribution in [0.15, 0.2) is 29.3 Å². The Kier molecular flexibility index (Phi) is 2.88. The van der Waals surface area contributed by atoms with Gasteiger partial charge < -0.3 is 10.3 Å². The molecular weight excluding hydrogens is 164 g/mol. The zero-order chi connectivity index (χ0) is 9.90. The second-order valence-electron chi connectivity index (χ2n) is 3.50. The minimum absolute atomic E-state index is 0.0340. The second-order valence-corrected chi connectivity index (χ2v) is 3.50. The highest BCUT2D eigenvalue weighted by Gasteiger charge is 2.20. The van der Waals surface area contributed by atoms with Crippen molar-refractivity contribution in [3.63, 3.8) is 0 Å². The summed E-state index contributed by atoms with van der Waals surface area (Å²) in [5, 5.41) is 0. The maximum atomic E-state index is 10.9. The Bertz CT molecular complexity index is 305. The van der Waals surface area contributed by atoms with Gasteiger partial charge in [0.1, 0.15) is 0 Å². The molecule has 3 nitrogen and oxygen atoms in total. The topological polar surface area (TPSA) is 48.0 Å². The summed E-state index contributed by atoms with van der Waals surface area (Å²) in [5.41, 5.74) is 5.65. The van der Waals surface area contributed by atoms with Gasteiger partial charge in [0.2, 0.25) is 0 Å². The molecule has 3 heteroatoms. The Balaban J connectivity index is 3.06. The molecule has 1 rings (SSSR count). The molecule has 0 amide bonds. The summed E-state index contributed by atoms with van der Waals surface area (Å²) in [7, 11) is 0. The number of nitrogens with zero attached hydrogens (tertiary/aromatic N) is 1. The third kappa shape index (κ3) is 1.98. The van der Waals surface area contributed by atoms with E-state index in [9.17, 15) is 4.79 Å². The van der Waals surface area contributed by atoms with E-state index in [2.05, 4.69) is 13.8 Å². The monoisotopic (exact) mass is 180 g/mol. The van der Waals surface area contributed by atoms with Crippen LogP contribution in [0.1, 0.15) is 20.3 Å². The van der Waals surface area contributed by atoms with E-state index in [0.717, 1.165) is 6.42 Å². The van der Waals surface area contributed by atoms with Crippen molar-refractivity contribution in [3.8, 4) is 0 Å². The van der Waals surface area contributed by atoms with Crippen molar-refractivity contribution in [1.29, 1.82) is 0 Å². The Morgan fingerprint density at radius 2 is 2.00 bits per heavy atom. The molecule has 0 aromatic carbocycles. The van der Waals surface area contributed by atoms with E-state index in [-0.39, 0.29) is 11.0 Å². The first-order chi connectivity index (χ1) is 6.12. The summed E-state index contributed by atoms with van der Waals surface area (Å²) < 4.78 is 1.99. The molecule has 13 heavy (non-hydrogen) atoms. The molecule has 2 N–H and O–H groups in total. The molecule has 0 saturated carbocycles. The number of hydrogen-bond acceptors (Lipinski definition) is 2. The molecule has 1 atom stereocenters. The van der Waals surface area contributed by atoms with Crippen LogP contribution >= 0.6 is 0 Å².